The van der Waals surface area contributed by atoms with Crippen LogP contribution in [0.2, 0.25) is 0 Å². The largest absolute Gasteiger partial charge is 0.497 e. The molecule has 1 amide bonds. The summed E-state index contributed by atoms with van der Waals surface area (Å²) in [7, 11) is 1.64. The average molecular weight is 350 g/mol. The molecule has 5 heteroatoms. The molecule has 1 aliphatic rings. The van der Waals surface area contributed by atoms with Crippen LogP contribution < -0.4 is 4.74 Å². The average Bonchev–Trinajstić information content (AvgIpc) is 3.26. The van der Waals surface area contributed by atoms with Crippen molar-refractivity contribution in [2.24, 2.45) is 0 Å². The van der Waals surface area contributed by atoms with Crippen molar-refractivity contribution >= 4 is 21.8 Å². The second-order valence-electron chi connectivity index (χ2n) is 5.12. The summed E-state index contributed by atoms with van der Waals surface area (Å²) < 4.78 is 10.8. The summed E-state index contributed by atoms with van der Waals surface area (Å²) in [6.45, 7) is 0.602. The minimum atomic E-state index is 0.00828. The molecule has 0 radical (unpaired) electrons. The van der Waals surface area contributed by atoms with Crippen LogP contribution in [0.1, 0.15) is 28.8 Å². The Bertz CT molecular complexity index is 631. The Hall–Kier alpha value is -1.75. The molecule has 1 aliphatic carbocycles. The normalized spacial score (nSPS) is 14.0. The maximum absolute atomic E-state index is 12.6. The first-order valence-electron chi connectivity index (χ1n) is 6.86. The van der Waals surface area contributed by atoms with E-state index >= 15 is 0 Å². The molecule has 0 saturated heterocycles. The van der Waals surface area contributed by atoms with Crippen molar-refractivity contribution in [2.75, 3.05) is 7.11 Å². The van der Waals surface area contributed by atoms with Crippen molar-refractivity contribution in [2.45, 2.75) is 25.4 Å². The van der Waals surface area contributed by atoms with Gasteiger partial charge in [0, 0.05) is 12.6 Å². The topological polar surface area (TPSA) is 42.7 Å². The van der Waals surface area contributed by atoms with E-state index in [0.29, 0.717) is 22.8 Å². The summed E-state index contributed by atoms with van der Waals surface area (Å²) in [6.07, 6.45) is 3.66. The lowest BCUT2D eigenvalue weighted by Gasteiger charge is -2.22. The molecular weight excluding hydrogens is 334 g/mol. The summed E-state index contributed by atoms with van der Waals surface area (Å²) in [5, 5.41) is 0. The van der Waals surface area contributed by atoms with Gasteiger partial charge in [-0.25, -0.2) is 0 Å². The maximum atomic E-state index is 12.6. The van der Waals surface area contributed by atoms with Gasteiger partial charge in [-0.2, -0.15) is 0 Å². The van der Waals surface area contributed by atoms with Crippen LogP contribution in [0.4, 0.5) is 0 Å². The lowest BCUT2D eigenvalue weighted by Crippen LogP contribution is -2.32. The van der Waals surface area contributed by atoms with Crippen molar-refractivity contribution in [1.29, 1.82) is 0 Å². The number of carbonyl (C=O) groups is 1. The van der Waals surface area contributed by atoms with Gasteiger partial charge in [-0.1, -0.05) is 12.1 Å². The number of hydrogen-bond acceptors (Lipinski definition) is 3. The van der Waals surface area contributed by atoms with Crippen LogP contribution in [-0.4, -0.2) is 24.0 Å². The van der Waals surface area contributed by atoms with Crippen LogP contribution in [0.15, 0.2) is 45.7 Å². The summed E-state index contributed by atoms with van der Waals surface area (Å²) in [5.41, 5.74) is 1.67. The highest BCUT2D eigenvalue weighted by Crippen LogP contribution is 2.31. The van der Waals surface area contributed by atoms with Crippen LogP contribution >= 0.6 is 15.9 Å². The molecule has 1 fully saturated rings. The van der Waals surface area contributed by atoms with Crippen LogP contribution in [0.25, 0.3) is 0 Å². The number of furan rings is 1. The van der Waals surface area contributed by atoms with Crippen LogP contribution in [0.5, 0.6) is 5.75 Å². The molecule has 1 heterocycles. The van der Waals surface area contributed by atoms with Gasteiger partial charge in [0.1, 0.15) is 5.75 Å². The standard InChI is InChI=1S/C16H16BrNO3/c1-20-13-6-2-11(3-7-13)10-18(12-4-5-12)16(19)14-8-9-21-15(14)17/h2-3,6-9,12H,4-5,10H2,1H3. The molecule has 0 aliphatic heterocycles. The Morgan fingerprint density at radius 3 is 2.57 bits per heavy atom. The first-order valence-corrected chi connectivity index (χ1v) is 7.65. The van der Waals surface area contributed by atoms with Gasteiger partial charge in [0.2, 0.25) is 0 Å². The Balaban J connectivity index is 1.78. The summed E-state index contributed by atoms with van der Waals surface area (Å²) in [6, 6.07) is 9.85. The van der Waals surface area contributed by atoms with Crippen LogP contribution in [0, 0.1) is 0 Å². The van der Waals surface area contributed by atoms with Gasteiger partial charge in [0.25, 0.3) is 5.91 Å². The molecule has 2 aromatic rings. The molecule has 1 aromatic carbocycles. The Labute approximate surface area is 131 Å². The number of benzene rings is 1. The SMILES string of the molecule is COc1ccc(CN(C(=O)c2ccoc2Br)C2CC2)cc1. The van der Waals surface area contributed by atoms with E-state index in [4.69, 9.17) is 9.15 Å². The van der Waals surface area contributed by atoms with Crippen LogP contribution in [0.3, 0.4) is 0 Å². The number of halogens is 1. The number of amides is 1. The van der Waals surface area contributed by atoms with Crippen molar-refractivity contribution in [1.82, 2.24) is 4.90 Å². The van der Waals surface area contributed by atoms with E-state index in [-0.39, 0.29) is 5.91 Å². The van der Waals surface area contributed by atoms with Crippen molar-refractivity contribution in [3.05, 3.63) is 52.4 Å². The van der Waals surface area contributed by atoms with E-state index in [1.54, 1.807) is 13.2 Å². The number of rotatable bonds is 5. The molecule has 0 atom stereocenters. The third-order valence-corrected chi connectivity index (χ3v) is 4.22. The predicted octanol–water partition coefficient (Wildman–Crippen LogP) is 3.86. The van der Waals surface area contributed by atoms with Crippen LogP contribution in [-0.2, 0) is 6.54 Å². The predicted molar refractivity (Wildman–Crippen MR) is 82.3 cm³/mol. The number of carbonyl (C=O) groups excluding carboxylic acids is 1. The van der Waals surface area contributed by atoms with Crippen molar-refractivity contribution in [3.63, 3.8) is 0 Å². The zero-order chi connectivity index (χ0) is 14.8. The maximum Gasteiger partial charge on any atom is 0.258 e. The Kier molecular flexibility index (Phi) is 4.01. The lowest BCUT2D eigenvalue weighted by molar-refractivity contribution is 0.0728. The van der Waals surface area contributed by atoms with Gasteiger partial charge in [-0.05, 0) is 52.5 Å². The molecule has 1 aromatic heterocycles. The highest BCUT2D eigenvalue weighted by Gasteiger charge is 2.34. The first kappa shape index (κ1) is 14.2. The smallest absolute Gasteiger partial charge is 0.258 e. The fourth-order valence-corrected chi connectivity index (χ4v) is 2.69. The molecule has 0 unspecified atom stereocenters. The fourth-order valence-electron chi connectivity index (χ4n) is 2.28. The monoisotopic (exact) mass is 349 g/mol. The third kappa shape index (κ3) is 3.13. The molecule has 0 bridgehead atoms. The lowest BCUT2D eigenvalue weighted by atomic mass is 10.2. The summed E-state index contributed by atoms with van der Waals surface area (Å²) in [4.78, 5) is 14.6. The molecule has 0 spiro atoms. The summed E-state index contributed by atoms with van der Waals surface area (Å²) >= 11 is 3.28. The first-order chi connectivity index (χ1) is 10.2. The molecule has 21 heavy (non-hydrogen) atoms. The fraction of sp³-hybridized carbons (Fsp3) is 0.312. The van der Waals surface area contributed by atoms with E-state index in [9.17, 15) is 4.79 Å². The summed E-state index contributed by atoms with van der Waals surface area (Å²) in [5.74, 6) is 0.828. The van der Waals surface area contributed by atoms with E-state index in [1.165, 1.54) is 6.26 Å². The number of nitrogens with zero attached hydrogens (tertiary/aromatic N) is 1. The molecule has 0 N–H and O–H groups in total. The van der Waals surface area contributed by atoms with Gasteiger partial charge < -0.3 is 14.1 Å². The minimum absolute atomic E-state index is 0.00828. The van der Waals surface area contributed by atoms with Crippen molar-refractivity contribution in [3.8, 4) is 5.75 Å². The number of ether oxygens (including phenoxy) is 1. The third-order valence-electron chi connectivity index (χ3n) is 3.61. The molecule has 110 valence electrons. The number of hydrogen-bond donors (Lipinski definition) is 0. The quantitative estimate of drug-likeness (QED) is 0.823. The zero-order valence-electron chi connectivity index (χ0n) is 11.7. The van der Waals surface area contributed by atoms with E-state index in [1.807, 2.05) is 29.2 Å². The number of methoxy groups -OCH3 is 1. The van der Waals surface area contributed by atoms with Gasteiger partial charge >= 0.3 is 0 Å². The highest BCUT2D eigenvalue weighted by molar-refractivity contribution is 9.10. The van der Waals surface area contributed by atoms with Gasteiger partial charge in [0.15, 0.2) is 4.67 Å². The Morgan fingerprint density at radius 2 is 2.05 bits per heavy atom. The minimum Gasteiger partial charge on any atom is -0.497 e. The van der Waals surface area contributed by atoms with E-state index < -0.39 is 0 Å². The molecular formula is C16H16BrNO3. The van der Waals surface area contributed by atoms with E-state index in [0.717, 1.165) is 24.2 Å². The van der Waals surface area contributed by atoms with E-state index in [2.05, 4.69) is 15.9 Å². The molecule has 1 saturated carbocycles. The molecule has 3 rings (SSSR count). The Morgan fingerprint density at radius 1 is 1.33 bits per heavy atom. The van der Waals surface area contributed by atoms with Gasteiger partial charge in [-0.15, -0.1) is 0 Å². The second kappa shape index (κ2) is 5.93. The highest BCUT2D eigenvalue weighted by atomic mass is 79.9. The van der Waals surface area contributed by atoms with Gasteiger partial charge in [0.05, 0.1) is 18.9 Å². The van der Waals surface area contributed by atoms with Gasteiger partial charge in [-0.3, -0.25) is 4.79 Å². The molecule has 4 nitrogen and oxygen atoms in total. The second-order valence-corrected chi connectivity index (χ2v) is 5.84. The zero-order valence-corrected chi connectivity index (χ0v) is 13.3. The van der Waals surface area contributed by atoms with Crippen molar-refractivity contribution < 1.29 is 13.9 Å².